The van der Waals surface area contributed by atoms with Gasteiger partial charge in [-0.15, -0.1) is 12.4 Å². The lowest BCUT2D eigenvalue weighted by Crippen LogP contribution is -2.33. The number of primary sulfonamides is 1. The Labute approximate surface area is 149 Å². The molecule has 24 heavy (non-hydrogen) atoms. The highest BCUT2D eigenvalue weighted by Crippen LogP contribution is 2.26. The lowest BCUT2D eigenvalue weighted by atomic mass is 10.1. The molecule has 1 unspecified atom stereocenters. The molecule has 1 heterocycles. The Morgan fingerprint density at radius 2 is 2.04 bits per heavy atom. The van der Waals surface area contributed by atoms with E-state index in [9.17, 15) is 8.42 Å². The van der Waals surface area contributed by atoms with E-state index in [-0.39, 0.29) is 12.4 Å². The summed E-state index contributed by atoms with van der Waals surface area (Å²) in [5, 5.41) is 6.30. The molecule has 0 fully saturated rings. The number of unbranched alkanes of at least 4 members (excludes halogenated alkanes) is 2. The second-order valence-corrected chi connectivity index (χ2v) is 7.40. The molecule has 0 aliphatic heterocycles. The van der Waals surface area contributed by atoms with E-state index in [4.69, 9.17) is 15.6 Å². The molecule has 136 valence electrons. The third-order valence-electron chi connectivity index (χ3n) is 3.83. The summed E-state index contributed by atoms with van der Waals surface area (Å²) in [4.78, 5) is 3.17. The number of aromatic amines is 1. The summed E-state index contributed by atoms with van der Waals surface area (Å²) >= 11 is 0. The van der Waals surface area contributed by atoms with Gasteiger partial charge in [0, 0.05) is 23.5 Å². The van der Waals surface area contributed by atoms with Gasteiger partial charge < -0.3 is 15.5 Å². The number of sulfonamides is 1. The highest BCUT2D eigenvalue weighted by atomic mass is 35.5. The first-order chi connectivity index (χ1) is 11.0. The topological polar surface area (TPSA) is 111 Å². The first kappa shape index (κ1) is 20.8. The predicted molar refractivity (Wildman–Crippen MR) is 100.0 cm³/mol. The fourth-order valence-corrected chi connectivity index (χ4v) is 3.34. The average Bonchev–Trinajstić information content (AvgIpc) is 2.88. The van der Waals surface area contributed by atoms with Crippen LogP contribution in [0.2, 0.25) is 0 Å². The van der Waals surface area contributed by atoms with E-state index in [0.29, 0.717) is 18.7 Å². The minimum Gasteiger partial charge on any atom is -0.473 e. The zero-order valence-corrected chi connectivity index (χ0v) is 15.5. The van der Waals surface area contributed by atoms with Crippen molar-refractivity contribution >= 4 is 33.3 Å². The van der Waals surface area contributed by atoms with Crippen molar-refractivity contribution in [3.05, 3.63) is 30.0 Å². The van der Waals surface area contributed by atoms with Crippen LogP contribution in [-0.2, 0) is 16.4 Å². The monoisotopic (exact) mass is 375 g/mol. The van der Waals surface area contributed by atoms with Crippen molar-refractivity contribution in [1.29, 1.82) is 0 Å². The highest BCUT2D eigenvalue weighted by molar-refractivity contribution is 7.89. The molecule has 6 nitrogen and oxygen atoms in total. The fraction of sp³-hybridized carbons (Fsp3) is 0.500. The number of aromatic nitrogens is 1. The van der Waals surface area contributed by atoms with Crippen molar-refractivity contribution in [1.82, 2.24) is 4.98 Å². The van der Waals surface area contributed by atoms with Crippen molar-refractivity contribution in [2.75, 3.05) is 6.54 Å². The average molecular weight is 376 g/mol. The molecule has 0 bridgehead atoms. The predicted octanol–water partition coefficient (Wildman–Crippen LogP) is 2.66. The number of hydrogen-bond acceptors (Lipinski definition) is 4. The van der Waals surface area contributed by atoms with E-state index in [1.54, 1.807) is 6.07 Å². The summed E-state index contributed by atoms with van der Waals surface area (Å²) in [6.45, 7) is 2.61. The minimum atomic E-state index is -3.75. The summed E-state index contributed by atoms with van der Waals surface area (Å²) in [6.07, 6.45) is 5.79. The Balaban J connectivity index is 0.00000288. The van der Waals surface area contributed by atoms with Gasteiger partial charge in [0.15, 0.2) is 0 Å². The van der Waals surface area contributed by atoms with Crippen molar-refractivity contribution in [2.24, 2.45) is 10.9 Å². The van der Waals surface area contributed by atoms with Gasteiger partial charge in [-0.3, -0.25) is 0 Å². The van der Waals surface area contributed by atoms with Crippen molar-refractivity contribution in [3.8, 4) is 5.75 Å². The number of halogens is 1. The summed E-state index contributed by atoms with van der Waals surface area (Å²) in [5.41, 5.74) is 6.66. The molecule has 2 rings (SSSR count). The lowest BCUT2D eigenvalue weighted by Gasteiger charge is -2.17. The second kappa shape index (κ2) is 9.27. The van der Waals surface area contributed by atoms with Gasteiger partial charge in [0.1, 0.15) is 5.75 Å². The molecule has 2 aromatic rings. The first-order valence-corrected chi connectivity index (χ1v) is 9.55. The van der Waals surface area contributed by atoms with E-state index in [1.165, 1.54) is 0 Å². The van der Waals surface area contributed by atoms with E-state index in [1.807, 2.05) is 18.3 Å². The summed E-state index contributed by atoms with van der Waals surface area (Å²) in [7, 11) is -3.75. The van der Waals surface area contributed by atoms with Gasteiger partial charge in [-0.25, -0.2) is 13.6 Å². The second-order valence-electron chi connectivity index (χ2n) is 5.69. The number of ether oxygens (including phenoxy) is 1. The number of nitrogens with one attached hydrogen (secondary N) is 1. The van der Waals surface area contributed by atoms with E-state index in [0.717, 1.165) is 42.1 Å². The fourth-order valence-electron chi connectivity index (χ4n) is 2.60. The molecule has 1 aromatic carbocycles. The van der Waals surface area contributed by atoms with Gasteiger partial charge in [-0.2, -0.15) is 0 Å². The zero-order chi connectivity index (χ0) is 16.9. The SMILES string of the molecule is CCCCCC(Oc1ccc2[nH]cc(CCN)c2c1)S(N)(=O)=O.Cl. The standard InChI is InChI=1S/C16H25N3O3S.ClH/c1-2-3-4-5-16(23(18,20)21)22-13-6-7-15-14(10-13)12(8-9-17)11-19-15;/h6-7,10-11,16,19H,2-5,8-9,17H2,1H3,(H2,18,20,21);1H. The number of nitrogens with two attached hydrogens (primary N) is 2. The molecule has 0 saturated carbocycles. The van der Waals surface area contributed by atoms with Crippen LogP contribution in [0.5, 0.6) is 5.75 Å². The smallest absolute Gasteiger partial charge is 0.247 e. The van der Waals surface area contributed by atoms with Gasteiger partial charge in [0.05, 0.1) is 0 Å². The van der Waals surface area contributed by atoms with Crippen LogP contribution in [0.25, 0.3) is 10.9 Å². The number of fused-ring (bicyclic) bond motifs is 1. The van der Waals surface area contributed by atoms with Crippen LogP contribution in [-0.4, -0.2) is 25.4 Å². The van der Waals surface area contributed by atoms with Crippen LogP contribution >= 0.6 is 12.4 Å². The number of hydrogen-bond donors (Lipinski definition) is 3. The maximum absolute atomic E-state index is 11.7. The number of H-pyrrole nitrogens is 1. The summed E-state index contributed by atoms with van der Waals surface area (Å²) < 4.78 is 29.2. The molecule has 0 radical (unpaired) electrons. The third kappa shape index (κ3) is 5.37. The van der Waals surface area contributed by atoms with E-state index < -0.39 is 15.5 Å². The molecule has 0 amide bonds. The Hall–Kier alpha value is -1.28. The molecule has 1 aromatic heterocycles. The zero-order valence-electron chi connectivity index (χ0n) is 13.8. The van der Waals surface area contributed by atoms with Crippen molar-refractivity contribution in [3.63, 3.8) is 0 Å². The molecule has 1 atom stereocenters. The van der Waals surface area contributed by atoms with E-state index in [2.05, 4.69) is 11.9 Å². The maximum atomic E-state index is 11.7. The summed E-state index contributed by atoms with van der Waals surface area (Å²) in [5.74, 6) is 0.505. The molecule has 0 spiro atoms. The molecular weight excluding hydrogens is 350 g/mol. The highest BCUT2D eigenvalue weighted by Gasteiger charge is 2.23. The normalized spacial score (nSPS) is 12.8. The molecule has 8 heteroatoms. The molecule has 0 aliphatic carbocycles. The summed E-state index contributed by atoms with van der Waals surface area (Å²) in [6, 6.07) is 5.47. The van der Waals surface area contributed by atoms with Crippen LogP contribution in [0.3, 0.4) is 0 Å². The largest absolute Gasteiger partial charge is 0.473 e. The van der Waals surface area contributed by atoms with Crippen LogP contribution in [0.1, 0.15) is 38.2 Å². The van der Waals surface area contributed by atoms with Crippen molar-refractivity contribution in [2.45, 2.75) is 44.5 Å². The molecule has 0 saturated heterocycles. The van der Waals surface area contributed by atoms with Crippen molar-refractivity contribution < 1.29 is 13.2 Å². The van der Waals surface area contributed by atoms with Gasteiger partial charge in [0.2, 0.25) is 15.5 Å². The Kier molecular flexibility index (Phi) is 8.02. The van der Waals surface area contributed by atoms with E-state index >= 15 is 0 Å². The quantitative estimate of drug-likeness (QED) is 0.585. The third-order valence-corrected chi connectivity index (χ3v) is 4.89. The first-order valence-electron chi connectivity index (χ1n) is 7.94. The minimum absolute atomic E-state index is 0. The van der Waals surface area contributed by atoms with Crippen LogP contribution < -0.4 is 15.6 Å². The maximum Gasteiger partial charge on any atom is 0.247 e. The Morgan fingerprint density at radius 1 is 1.29 bits per heavy atom. The molecule has 5 N–H and O–H groups in total. The molecule has 0 aliphatic rings. The lowest BCUT2D eigenvalue weighted by molar-refractivity contribution is 0.258. The van der Waals surface area contributed by atoms with Gasteiger partial charge in [-0.05, 0) is 43.1 Å². The Morgan fingerprint density at radius 3 is 2.67 bits per heavy atom. The Bertz CT molecular complexity index is 746. The van der Waals surface area contributed by atoms with Crippen LogP contribution in [0.4, 0.5) is 0 Å². The van der Waals surface area contributed by atoms with Gasteiger partial charge >= 0.3 is 0 Å². The van der Waals surface area contributed by atoms with Gasteiger partial charge in [-0.1, -0.05) is 19.8 Å². The van der Waals surface area contributed by atoms with Gasteiger partial charge in [0.25, 0.3) is 0 Å². The molecular formula is C16H26ClN3O3S. The number of benzene rings is 1. The number of rotatable bonds is 9. The van der Waals surface area contributed by atoms with Crippen LogP contribution in [0, 0.1) is 0 Å². The van der Waals surface area contributed by atoms with Crippen LogP contribution in [0.15, 0.2) is 24.4 Å².